The molecule has 2 aromatic carbocycles. The zero-order valence-electron chi connectivity index (χ0n) is 16.8. The molecule has 3 rings (SSSR count). The number of aryl methyl sites for hydroxylation is 2. The zero-order valence-corrected chi connectivity index (χ0v) is 16.8. The monoisotopic (exact) mass is 380 g/mol. The Labute approximate surface area is 167 Å². The highest BCUT2D eigenvalue weighted by Gasteiger charge is 2.26. The van der Waals surface area contributed by atoms with Crippen LogP contribution in [-0.2, 0) is 16.0 Å². The van der Waals surface area contributed by atoms with Gasteiger partial charge in [0.25, 0.3) is 11.8 Å². The number of nitrogens with zero attached hydrogens (tertiary/aromatic N) is 1. The van der Waals surface area contributed by atoms with Gasteiger partial charge in [-0.15, -0.1) is 0 Å². The number of hydrogen-bond donors (Lipinski definition) is 2. The van der Waals surface area contributed by atoms with E-state index in [1.54, 1.807) is 0 Å². The van der Waals surface area contributed by atoms with Gasteiger partial charge >= 0.3 is 0 Å². The average molecular weight is 381 g/mol. The highest BCUT2D eigenvalue weighted by Crippen LogP contribution is 2.26. The van der Waals surface area contributed by atoms with Crippen molar-refractivity contribution in [2.45, 2.75) is 33.1 Å². The smallest absolute Gasteiger partial charge is 0.282 e. The predicted molar refractivity (Wildman–Crippen MR) is 113 cm³/mol. The Hall–Kier alpha value is -2.66. The van der Waals surface area contributed by atoms with E-state index in [2.05, 4.69) is 18.3 Å². The minimum absolute atomic E-state index is 0.0513. The quantitative estimate of drug-likeness (QED) is 0.774. The third-order valence-electron chi connectivity index (χ3n) is 5.25. The lowest BCUT2D eigenvalue weighted by Crippen LogP contribution is -3.14. The Morgan fingerprint density at radius 1 is 1.07 bits per heavy atom. The van der Waals surface area contributed by atoms with Crippen LogP contribution in [0, 0.1) is 6.92 Å². The fourth-order valence-corrected chi connectivity index (χ4v) is 3.83. The molecule has 5 nitrogen and oxygen atoms in total. The van der Waals surface area contributed by atoms with Crippen molar-refractivity contribution < 1.29 is 14.5 Å². The van der Waals surface area contributed by atoms with E-state index in [-0.39, 0.29) is 11.8 Å². The summed E-state index contributed by atoms with van der Waals surface area (Å²) in [6.07, 6.45) is 2.93. The molecule has 2 N–H and O–H groups in total. The van der Waals surface area contributed by atoms with Crippen LogP contribution in [0.4, 0.5) is 11.4 Å². The van der Waals surface area contributed by atoms with E-state index in [0.29, 0.717) is 13.1 Å². The summed E-state index contributed by atoms with van der Waals surface area (Å²) in [6.45, 7) is 6.24. The molecule has 148 valence electrons. The van der Waals surface area contributed by atoms with E-state index in [1.807, 2.05) is 54.3 Å². The molecule has 1 atom stereocenters. The number of fused-ring (bicyclic) bond motifs is 1. The van der Waals surface area contributed by atoms with Gasteiger partial charge in [0.1, 0.15) is 0 Å². The van der Waals surface area contributed by atoms with Crippen LogP contribution in [0.2, 0.25) is 0 Å². The number of para-hydroxylation sites is 2. The molecule has 0 fully saturated rings. The lowest BCUT2D eigenvalue weighted by atomic mass is 10.0. The van der Waals surface area contributed by atoms with Crippen LogP contribution in [0.1, 0.15) is 30.9 Å². The first kappa shape index (κ1) is 20.1. The van der Waals surface area contributed by atoms with Crippen LogP contribution in [0.5, 0.6) is 0 Å². The van der Waals surface area contributed by atoms with Gasteiger partial charge < -0.3 is 15.1 Å². The van der Waals surface area contributed by atoms with Crippen molar-refractivity contribution in [1.29, 1.82) is 0 Å². The first-order chi connectivity index (χ1) is 13.6. The van der Waals surface area contributed by atoms with Gasteiger partial charge in [0.05, 0.1) is 6.54 Å². The third-order valence-corrected chi connectivity index (χ3v) is 5.25. The summed E-state index contributed by atoms with van der Waals surface area (Å²) in [5.41, 5.74) is 4.13. The Kier molecular flexibility index (Phi) is 6.82. The number of hydrogen-bond acceptors (Lipinski definition) is 2. The molecule has 0 saturated heterocycles. The van der Waals surface area contributed by atoms with Gasteiger partial charge in [-0.2, -0.15) is 0 Å². The maximum atomic E-state index is 13.0. The standard InChI is InChI=1S/C23H29N3O2/c1-3-14-25(16-22(27)24-20-12-6-4-9-18(20)2)17-23(28)26-15-8-11-19-10-5-7-13-21(19)26/h4-7,9-10,12-13H,3,8,11,14-17H2,1-2H3,(H,24,27)/p+1. The number of quaternary nitrogens is 1. The molecule has 0 spiro atoms. The normalized spacial score (nSPS) is 14.3. The summed E-state index contributed by atoms with van der Waals surface area (Å²) >= 11 is 0. The molecule has 1 heterocycles. The van der Waals surface area contributed by atoms with E-state index < -0.39 is 0 Å². The third kappa shape index (κ3) is 4.98. The Morgan fingerprint density at radius 2 is 1.82 bits per heavy atom. The molecule has 0 aliphatic carbocycles. The van der Waals surface area contributed by atoms with Crippen molar-refractivity contribution in [2.24, 2.45) is 0 Å². The molecule has 28 heavy (non-hydrogen) atoms. The zero-order chi connectivity index (χ0) is 19.9. The van der Waals surface area contributed by atoms with Gasteiger partial charge in [-0.3, -0.25) is 9.59 Å². The number of carbonyl (C=O) groups excluding carboxylic acids is 2. The number of rotatable bonds is 7. The topological polar surface area (TPSA) is 53.9 Å². The second kappa shape index (κ2) is 9.51. The molecule has 0 radical (unpaired) electrons. The summed E-state index contributed by atoms with van der Waals surface area (Å²) in [5, 5.41) is 2.98. The molecule has 1 unspecified atom stereocenters. The second-order valence-corrected chi connectivity index (χ2v) is 7.49. The fourth-order valence-electron chi connectivity index (χ4n) is 3.83. The lowest BCUT2D eigenvalue weighted by Gasteiger charge is -2.30. The largest absolute Gasteiger partial charge is 0.321 e. The van der Waals surface area contributed by atoms with Gasteiger partial charge in [-0.1, -0.05) is 43.3 Å². The number of anilines is 2. The minimum Gasteiger partial charge on any atom is -0.321 e. The SMILES string of the molecule is CCC[NH+](CC(=O)Nc1ccccc1C)CC(=O)N1CCCc2ccccc21. The van der Waals surface area contributed by atoms with Crippen molar-refractivity contribution in [3.63, 3.8) is 0 Å². The van der Waals surface area contributed by atoms with E-state index in [1.165, 1.54) is 5.56 Å². The van der Waals surface area contributed by atoms with Crippen molar-refractivity contribution in [2.75, 3.05) is 36.4 Å². The average Bonchev–Trinajstić information content (AvgIpc) is 2.69. The minimum atomic E-state index is -0.0513. The maximum absolute atomic E-state index is 13.0. The first-order valence-corrected chi connectivity index (χ1v) is 10.2. The van der Waals surface area contributed by atoms with Gasteiger partial charge in [0.15, 0.2) is 13.1 Å². The highest BCUT2D eigenvalue weighted by molar-refractivity contribution is 5.96. The number of nitrogens with one attached hydrogen (secondary N) is 2. The molecule has 2 aromatic rings. The van der Waals surface area contributed by atoms with E-state index in [4.69, 9.17) is 0 Å². The summed E-state index contributed by atoms with van der Waals surface area (Å²) in [4.78, 5) is 28.5. The summed E-state index contributed by atoms with van der Waals surface area (Å²) in [6, 6.07) is 15.9. The molecule has 0 aromatic heterocycles. The number of carbonyl (C=O) groups is 2. The van der Waals surface area contributed by atoms with Crippen LogP contribution in [0.25, 0.3) is 0 Å². The predicted octanol–water partition coefficient (Wildman–Crippen LogP) is 2.21. The molecular formula is C23H30N3O2+. The van der Waals surface area contributed by atoms with Gasteiger partial charge in [-0.25, -0.2) is 0 Å². The molecule has 1 aliphatic rings. The van der Waals surface area contributed by atoms with Crippen molar-refractivity contribution in [3.05, 3.63) is 59.7 Å². The van der Waals surface area contributed by atoms with Gasteiger partial charge in [-0.05, 0) is 49.4 Å². The number of benzene rings is 2. The first-order valence-electron chi connectivity index (χ1n) is 10.2. The van der Waals surface area contributed by atoms with Crippen molar-refractivity contribution in [1.82, 2.24) is 0 Å². The lowest BCUT2D eigenvalue weighted by molar-refractivity contribution is -0.883. The Morgan fingerprint density at radius 3 is 2.61 bits per heavy atom. The van der Waals surface area contributed by atoms with Crippen LogP contribution in [-0.4, -0.2) is 38.0 Å². The maximum Gasteiger partial charge on any atom is 0.282 e. The molecule has 2 amide bonds. The molecule has 0 bridgehead atoms. The van der Waals surface area contributed by atoms with Crippen LogP contribution >= 0.6 is 0 Å². The van der Waals surface area contributed by atoms with Crippen LogP contribution in [0.3, 0.4) is 0 Å². The fraction of sp³-hybridized carbons (Fsp3) is 0.391. The second-order valence-electron chi connectivity index (χ2n) is 7.49. The van der Waals surface area contributed by atoms with Crippen LogP contribution in [0.15, 0.2) is 48.5 Å². The van der Waals surface area contributed by atoms with Gasteiger partial charge in [0.2, 0.25) is 0 Å². The highest BCUT2D eigenvalue weighted by atomic mass is 16.2. The number of amides is 2. The Balaban J connectivity index is 1.64. The molecule has 5 heteroatoms. The Bertz CT molecular complexity index is 834. The van der Waals surface area contributed by atoms with Crippen molar-refractivity contribution in [3.8, 4) is 0 Å². The molecule has 0 saturated carbocycles. The summed E-state index contributed by atoms with van der Waals surface area (Å²) in [7, 11) is 0. The summed E-state index contributed by atoms with van der Waals surface area (Å²) < 4.78 is 0. The van der Waals surface area contributed by atoms with Crippen molar-refractivity contribution >= 4 is 23.2 Å². The van der Waals surface area contributed by atoms with Gasteiger partial charge in [0, 0.05) is 17.9 Å². The van der Waals surface area contributed by atoms with E-state index in [9.17, 15) is 9.59 Å². The van der Waals surface area contributed by atoms with Crippen LogP contribution < -0.4 is 15.1 Å². The molecular weight excluding hydrogens is 350 g/mol. The van der Waals surface area contributed by atoms with E-state index in [0.717, 1.165) is 54.2 Å². The van der Waals surface area contributed by atoms with E-state index >= 15 is 0 Å². The molecule has 1 aliphatic heterocycles. The summed E-state index contributed by atoms with van der Waals surface area (Å²) in [5.74, 6) is 0.0453.